The summed E-state index contributed by atoms with van der Waals surface area (Å²) in [7, 11) is -1.49. The summed E-state index contributed by atoms with van der Waals surface area (Å²) >= 11 is 0. The first-order valence-corrected chi connectivity index (χ1v) is 15.6. The van der Waals surface area contributed by atoms with Crippen LogP contribution in [-0.4, -0.2) is 14.3 Å². The molecule has 0 aliphatic rings. The van der Waals surface area contributed by atoms with Crippen molar-refractivity contribution in [3.8, 4) is 23.0 Å². The van der Waals surface area contributed by atoms with Crippen molar-refractivity contribution in [2.75, 3.05) is 11.5 Å². The fourth-order valence-electron chi connectivity index (χ4n) is 4.23. The van der Waals surface area contributed by atoms with E-state index in [1.54, 1.807) is 24.3 Å². The van der Waals surface area contributed by atoms with Crippen molar-refractivity contribution < 1.29 is 17.9 Å². The highest BCUT2D eigenvalue weighted by molar-refractivity contribution is 6.83. The molecule has 7 heteroatoms. The minimum atomic E-state index is -4.67. The zero-order valence-electron chi connectivity index (χ0n) is 21.4. The summed E-state index contributed by atoms with van der Waals surface area (Å²) in [6.07, 6.45) is -4.67. The van der Waals surface area contributed by atoms with E-state index in [1.807, 2.05) is 12.1 Å². The Kier molecular flexibility index (Phi) is 7.30. The largest absolute Gasteiger partial charge is 0.457 e. The molecule has 194 valence electrons. The molecule has 0 aliphatic carbocycles. The van der Waals surface area contributed by atoms with Crippen LogP contribution in [0.4, 0.5) is 24.5 Å². The Hall–Kier alpha value is -4.15. The SMILES string of the molecule is C[Si](C)(C)C#Cc1ccc(Oc2ccc(C(c3ccc(N)cc3)(c3ccc(N)cc3)C(F)(F)F)cc2)cc1. The molecule has 0 aliphatic heterocycles. The molecule has 3 nitrogen and oxygen atoms in total. The number of ether oxygens (including phenoxy) is 1. The van der Waals surface area contributed by atoms with Crippen molar-refractivity contribution in [3.63, 3.8) is 0 Å². The van der Waals surface area contributed by atoms with Crippen LogP contribution in [0.2, 0.25) is 19.6 Å². The number of alkyl halides is 3. The molecule has 4 aromatic carbocycles. The van der Waals surface area contributed by atoms with Gasteiger partial charge in [-0.1, -0.05) is 62.0 Å². The van der Waals surface area contributed by atoms with Crippen LogP contribution in [-0.2, 0) is 5.41 Å². The lowest BCUT2D eigenvalue weighted by Gasteiger charge is -2.37. The minimum Gasteiger partial charge on any atom is -0.457 e. The fourth-order valence-corrected chi connectivity index (χ4v) is 4.75. The van der Waals surface area contributed by atoms with Crippen LogP contribution in [0, 0.1) is 11.5 Å². The van der Waals surface area contributed by atoms with Crippen LogP contribution >= 0.6 is 0 Å². The van der Waals surface area contributed by atoms with Gasteiger partial charge in [-0.25, -0.2) is 0 Å². The third-order valence-corrected chi connectivity index (χ3v) is 6.95. The molecule has 0 bridgehead atoms. The molecule has 0 radical (unpaired) electrons. The summed E-state index contributed by atoms with van der Waals surface area (Å²) in [4.78, 5) is 0. The highest BCUT2D eigenvalue weighted by atomic mass is 28.3. The number of nitrogens with two attached hydrogens (primary N) is 2. The van der Waals surface area contributed by atoms with Gasteiger partial charge in [0.2, 0.25) is 0 Å². The van der Waals surface area contributed by atoms with E-state index in [4.69, 9.17) is 16.2 Å². The van der Waals surface area contributed by atoms with E-state index in [0.29, 0.717) is 22.9 Å². The number of hydrogen-bond donors (Lipinski definition) is 2. The molecule has 4 N–H and O–H groups in total. The van der Waals surface area contributed by atoms with E-state index in [9.17, 15) is 0 Å². The van der Waals surface area contributed by atoms with Crippen molar-refractivity contribution >= 4 is 19.4 Å². The minimum absolute atomic E-state index is 0.0452. The second kappa shape index (κ2) is 10.3. The smallest absolute Gasteiger partial charge is 0.406 e. The van der Waals surface area contributed by atoms with Crippen molar-refractivity contribution in [2.24, 2.45) is 0 Å². The van der Waals surface area contributed by atoms with Gasteiger partial charge in [0, 0.05) is 16.9 Å². The van der Waals surface area contributed by atoms with Crippen molar-refractivity contribution in [3.05, 3.63) is 119 Å². The predicted octanol–water partition coefficient (Wildman–Crippen LogP) is 7.77. The number of hydrogen-bond acceptors (Lipinski definition) is 3. The van der Waals surface area contributed by atoms with Gasteiger partial charge < -0.3 is 16.2 Å². The zero-order chi connectivity index (χ0) is 27.6. The fraction of sp³-hybridized carbons (Fsp3) is 0.161. The molecule has 4 aromatic rings. The number of nitrogen functional groups attached to an aromatic ring is 2. The van der Waals surface area contributed by atoms with E-state index in [-0.39, 0.29) is 16.7 Å². The molecular weight excluding hydrogens is 501 g/mol. The average Bonchev–Trinajstić information content (AvgIpc) is 2.86. The van der Waals surface area contributed by atoms with Crippen LogP contribution in [0.3, 0.4) is 0 Å². The highest BCUT2D eigenvalue weighted by Crippen LogP contribution is 2.51. The Labute approximate surface area is 222 Å². The summed E-state index contributed by atoms with van der Waals surface area (Å²) in [6, 6.07) is 24.9. The summed E-state index contributed by atoms with van der Waals surface area (Å²) in [6.45, 7) is 6.53. The topological polar surface area (TPSA) is 61.3 Å². The molecule has 4 rings (SSSR count). The molecule has 0 heterocycles. The third kappa shape index (κ3) is 5.71. The van der Waals surface area contributed by atoms with Crippen molar-refractivity contribution in [1.82, 2.24) is 0 Å². The molecular formula is C31H29F3N2OSi. The van der Waals surface area contributed by atoms with E-state index in [1.165, 1.54) is 60.7 Å². The number of anilines is 2. The van der Waals surface area contributed by atoms with Crippen LogP contribution in [0.25, 0.3) is 0 Å². The monoisotopic (exact) mass is 530 g/mol. The molecule has 0 saturated heterocycles. The molecule has 0 spiro atoms. The first kappa shape index (κ1) is 26.9. The lowest BCUT2D eigenvalue weighted by atomic mass is 9.68. The third-order valence-electron chi connectivity index (χ3n) is 6.07. The molecule has 0 fully saturated rings. The normalized spacial score (nSPS) is 11.9. The van der Waals surface area contributed by atoms with E-state index in [2.05, 4.69) is 31.1 Å². The van der Waals surface area contributed by atoms with Gasteiger partial charge in [-0.2, -0.15) is 13.2 Å². The predicted molar refractivity (Wildman–Crippen MR) is 151 cm³/mol. The highest BCUT2D eigenvalue weighted by Gasteiger charge is 2.58. The van der Waals surface area contributed by atoms with Gasteiger partial charge >= 0.3 is 6.18 Å². The van der Waals surface area contributed by atoms with Crippen LogP contribution in [0.1, 0.15) is 22.3 Å². The van der Waals surface area contributed by atoms with E-state index >= 15 is 13.2 Å². The first-order chi connectivity index (χ1) is 17.9. The van der Waals surface area contributed by atoms with Gasteiger partial charge in [-0.15, -0.1) is 5.54 Å². The maximum Gasteiger partial charge on any atom is 0.406 e. The summed E-state index contributed by atoms with van der Waals surface area (Å²) in [5.41, 5.74) is 14.2. The van der Waals surface area contributed by atoms with Gasteiger partial charge in [-0.05, 0) is 77.4 Å². The van der Waals surface area contributed by atoms with Crippen molar-refractivity contribution in [2.45, 2.75) is 31.2 Å². The Morgan fingerprint density at radius 2 is 0.974 bits per heavy atom. The van der Waals surface area contributed by atoms with Crippen molar-refractivity contribution in [1.29, 1.82) is 0 Å². The quantitative estimate of drug-likeness (QED) is 0.120. The van der Waals surface area contributed by atoms with Crippen LogP contribution < -0.4 is 16.2 Å². The molecule has 0 atom stereocenters. The number of halogens is 3. The van der Waals surface area contributed by atoms with Gasteiger partial charge in [-0.3, -0.25) is 0 Å². The van der Waals surface area contributed by atoms with E-state index < -0.39 is 19.7 Å². The summed E-state index contributed by atoms with van der Waals surface area (Å²) in [5, 5.41) is 0. The Morgan fingerprint density at radius 1 is 0.605 bits per heavy atom. The Morgan fingerprint density at radius 3 is 1.34 bits per heavy atom. The molecule has 0 aromatic heterocycles. The van der Waals surface area contributed by atoms with Gasteiger partial charge in [0.15, 0.2) is 0 Å². The maximum absolute atomic E-state index is 15.2. The summed E-state index contributed by atoms with van der Waals surface area (Å²) < 4.78 is 51.4. The molecule has 0 amide bonds. The lowest BCUT2D eigenvalue weighted by Crippen LogP contribution is -2.44. The Balaban J connectivity index is 1.72. The Bertz CT molecular complexity index is 1400. The molecule has 0 saturated carbocycles. The van der Waals surface area contributed by atoms with Crippen LogP contribution in [0.5, 0.6) is 11.5 Å². The van der Waals surface area contributed by atoms with Gasteiger partial charge in [0.1, 0.15) is 25.0 Å². The number of rotatable bonds is 5. The second-order valence-electron chi connectivity index (χ2n) is 10.1. The average molecular weight is 531 g/mol. The molecule has 0 unspecified atom stereocenters. The van der Waals surface area contributed by atoms with Gasteiger partial charge in [0.25, 0.3) is 0 Å². The maximum atomic E-state index is 15.2. The first-order valence-electron chi connectivity index (χ1n) is 12.1. The summed E-state index contributed by atoms with van der Waals surface area (Å²) in [5.74, 6) is 4.17. The van der Waals surface area contributed by atoms with Gasteiger partial charge in [0.05, 0.1) is 0 Å². The van der Waals surface area contributed by atoms with Crippen LogP contribution in [0.15, 0.2) is 97.1 Å². The van der Waals surface area contributed by atoms with E-state index in [0.717, 1.165) is 5.56 Å². The molecule has 38 heavy (non-hydrogen) atoms. The lowest BCUT2D eigenvalue weighted by molar-refractivity contribution is -0.166. The number of benzene rings is 4. The standard InChI is InChI=1S/C31H29F3N2OSi/c1-38(2,3)21-20-22-4-16-28(17-5-22)37-29-18-10-25(11-19-29)30(31(32,33)34,23-6-12-26(35)13-7-23)24-8-14-27(36)15-9-24/h4-19H,35-36H2,1-3H3. The second-order valence-corrected chi connectivity index (χ2v) is 14.9. The zero-order valence-corrected chi connectivity index (χ0v) is 22.4.